The van der Waals surface area contributed by atoms with Crippen molar-refractivity contribution in [2.45, 2.75) is 26.8 Å². The average Bonchev–Trinajstić information content (AvgIpc) is 3.01. The van der Waals surface area contributed by atoms with Crippen LogP contribution in [0.25, 0.3) is 10.9 Å². The van der Waals surface area contributed by atoms with Gasteiger partial charge in [0.15, 0.2) is 5.78 Å². The first-order valence-electron chi connectivity index (χ1n) is 8.65. The van der Waals surface area contributed by atoms with E-state index >= 15 is 0 Å². The third-order valence-electron chi connectivity index (χ3n) is 4.94. The second-order valence-corrected chi connectivity index (χ2v) is 6.78. The van der Waals surface area contributed by atoms with E-state index in [1.807, 2.05) is 4.57 Å². The highest BCUT2D eigenvalue weighted by Gasteiger charge is 2.30. The standard InChI is InChI=1S/C20H18FN3O3/c1-11-19-17(15-7-8-24(27)20(26)18(15)22-11)16(12(2)25)10-23(19)9-13-3-5-14(21)6-4-13/h3-6,10,27H,7-9H2,1-2H3. The number of hydrogen-bond acceptors (Lipinski definition) is 4. The van der Waals surface area contributed by atoms with Crippen LogP contribution in [0.3, 0.4) is 0 Å². The summed E-state index contributed by atoms with van der Waals surface area (Å²) in [6.45, 7) is 3.87. The van der Waals surface area contributed by atoms with Gasteiger partial charge in [-0.2, -0.15) is 0 Å². The topological polar surface area (TPSA) is 75.4 Å². The molecule has 138 valence electrons. The van der Waals surface area contributed by atoms with E-state index in [-0.39, 0.29) is 23.8 Å². The number of carbonyl (C=O) groups excluding carboxylic acids is 2. The summed E-state index contributed by atoms with van der Waals surface area (Å²) < 4.78 is 15.1. The number of pyridine rings is 1. The molecule has 1 aromatic carbocycles. The van der Waals surface area contributed by atoms with Gasteiger partial charge in [0, 0.05) is 23.7 Å². The number of benzene rings is 1. The number of ketones is 1. The maximum absolute atomic E-state index is 13.2. The van der Waals surface area contributed by atoms with Gasteiger partial charge in [-0.25, -0.2) is 14.4 Å². The molecule has 0 bridgehead atoms. The normalized spacial score (nSPS) is 13.9. The highest BCUT2D eigenvalue weighted by atomic mass is 19.1. The number of Topliss-reactive ketones (excluding diaryl/α,β-unsaturated/α-hetero) is 1. The van der Waals surface area contributed by atoms with Crippen LogP contribution in [-0.4, -0.2) is 38.1 Å². The lowest BCUT2D eigenvalue weighted by Gasteiger charge is -2.23. The summed E-state index contributed by atoms with van der Waals surface area (Å²) in [6, 6.07) is 6.19. The van der Waals surface area contributed by atoms with Crippen LogP contribution in [0.15, 0.2) is 30.5 Å². The number of hydrogen-bond donors (Lipinski definition) is 1. The molecule has 0 radical (unpaired) electrons. The molecule has 7 heteroatoms. The zero-order chi connectivity index (χ0) is 19.3. The van der Waals surface area contributed by atoms with Crippen molar-refractivity contribution >= 4 is 22.6 Å². The van der Waals surface area contributed by atoms with Crippen LogP contribution in [0, 0.1) is 12.7 Å². The van der Waals surface area contributed by atoms with E-state index in [0.29, 0.717) is 40.2 Å². The molecule has 1 amide bonds. The summed E-state index contributed by atoms with van der Waals surface area (Å²) in [7, 11) is 0. The zero-order valence-electron chi connectivity index (χ0n) is 15.0. The van der Waals surface area contributed by atoms with E-state index < -0.39 is 5.91 Å². The van der Waals surface area contributed by atoms with Gasteiger partial charge in [-0.05, 0) is 43.5 Å². The number of hydroxylamine groups is 2. The Morgan fingerprint density at radius 3 is 2.67 bits per heavy atom. The van der Waals surface area contributed by atoms with E-state index in [1.54, 1.807) is 25.3 Å². The van der Waals surface area contributed by atoms with Crippen LogP contribution in [-0.2, 0) is 13.0 Å². The first kappa shape index (κ1) is 17.4. The molecule has 27 heavy (non-hydrogen) atoms. The Morgan fingerprint density at radius 1 is 1.30 bits per heavy atom. The van der Waals surface area contributed by atoms with Gasteiger partial charge in [0.1, 0.15) is 11.5 Å². The van der Waals surface area contributed by atoms with Crippen molar-refractivity contribution in [2.24, 2.45) is 0 Å². The Hall–Kier alpha value is -3.06. The number of rotatable bonds is 3. The molecule has 0 saturated carbocycles. The molecule has 0 fully saturated rings. The van der Waals surface area contributed by atoms with E-state index in [4.69, 9.17) is 0 Å². The van der Waals surface area contributed by atoms with E-state index in [2.05, 4.69) is 4.98 Å². The smallest absolute Gasteiger partial charge is 0.296 e. The van der Waals surface area contributed by atoms with Gasteiger partial charge < -0.3 is 4.57 Å². The summed E-state index contributed by atoms with van der Waals surface area (Å²) in [5.41, 5.74) is 3.67. The summed E-state index contributed by atoms with van der Waals surface area (Å²) >= 11 is 0. The lowest BCUT2D eigenvalue weighted by molar-refractivity contribution is -0.0606. The molecule has 1 N–H and O–H groups in total. The number of aryl methyl sites for hydroxylation is 1. The second-order valence-electron chi connectivity index (χ2n) is 6.78. The molecule has 1 aliphatic rings. The number of amides is 1. The van der Waals surface area contributed by atoms with Crippen molar-refractivity contribution in [2.75, 3.05) is 6.54 Å². The molecule has 4 rings (SSSR count). The van der Waals surface area contributed by atoms with Crippen molar-refractivity contribution in [3.05, 3.63) is 64.4 Å². The molecule has 1 aliphatic heterocycles. The molecule has 6 nitrogen and oxygen atoms in total. The number of aromatic nitrogens is 2. The summed E-state index contributed by atoms with van der Waals surface area (Å²) in [6.07, 6.45) is 2.18. The summed E-state index contributed by atoms with van der Waals surface area (Å²) in [5, 5.41) is 11.1. The van der Waals surface area contributed by atoms with Gasteiger partial charge in [0.25, 0.3) is 5.91 Å². The van der Waals surface area contributed by atoms with Crippen LogP contribution >= 0.6 is 0 Å². The van der Waals surface area contributed by atoms with E-state index in [9.17, 15) is 19.2 Å². The van der Waals surface area contributed by atoms with Crippen LogP contribution < -0.4 is 0 Å². The first-order chi connectivity index (χ1) is 12.9. The van der Waals surface area contributed by atoms with E-state index in [0.717, 1.165) is 11.1 Å². The predicted molar refractivity (Wildman–Crippen MR) is 96.5 cm³/mol. The molecule has 0 atom stereocenters. The molecule has 3 heterocycles. The van der Waals surface area contributed by atoms with Gasteiger partial charge >= 0.3 is 0 Å². The first-order valence-corrected chi connectivity index (χ1v) is 8.65. The molecular weight excluding hydrogens is 349 g/mol. The molecule has 0 saturated heterocycles. The van der Waals surface area contributed by atoms with Crippen molar-refractivity contribution in [1.29, 1.82) is 0 Å². The van der Waals surface area contributed by atoms with Crippen LogP contribution in [0.5, 0.6) is 0 Å². The monoisotopic (exact) mass is 367 g/mol. The van der Waals surface area contributed by atoms with Crippen LogP contribution in [0.4, 0.5) is 4.39 Å². The fourth-order valence-corrected chi connectivity index (χ4v) is 3.70. The summed E-state index contributed by atoms with van der Waals surface area (Å²) in [5.74, 6) is -0.967. The van der Waals surface area contributed by atoms with Crippen molar-refractivity contribution in [1.82, 2.24) is 14.6 Å². The molecular formula is C20H18FN3O3. The SMILES string of the molecule is CC(=O)c1cn(Cc2ccc(F)cc2)c2c(C)nc3c(c12)CCN(O)C3=O. The molecule has 3 aromatic rings. The minimum Gasteiger partial charge on any atom is -0.341 e. The lowest BCUT2D eigenvalue weighted by Crippen LogP contribution is -2.36. The third kappa shape index (κ3) is 2.80. The fraction of sp³-hybridized carbons (Fsp3) is 0.250. The number of fused-ring (bicyclic) bond motifs is 3. The molecule has 0 spiro atoms. The Balaban J connectivity index is 1.95. The minimum atomic E-state index is -0.554. The average molecular weight is 367 g/mol. The van der Waals surface area contributed by atoms with Gasteiger partial charge in [0.05, 0.1) is 17.8 Å². The Labute approximate surface area is 154 Å². The maximum atomic E-state index is 13.2. The number of carbonyl (C=O) groups is 2. The number of nitrogens with zero attached hydrogens (tertiary/aromatic N) is 3. The Bertz CT molecular complexity index is 1090. The van der Waals surface area contributed by atoms with Crippen molar-refractivity contribution in [3.8, 4) is 0 Å². The molecule has 0 aliphatic carbocycles. The quantitative estimate of drug-likeness (QED) is 0.570. The fourth-order valence-electron chi connectivity index (χ4n) is 3.70. The maximum Gasteiger partial charge on any atom is 0.296 e. The Morgan fingerprint density at radius 2 is 2.00 bits per heavy atom. The lowest BCUT2D eigenvalue weighted by atomic mass is 9.97. The molecule has 0 unspecified atom stereocenters. The second kappa shape index (κ2) is 6.28. The van der Waals surface area contributed by atoms with Crippen LogP contribution in [0.1, 0.15) is 44.6 Å². The Kier molecular flexibility index (Phi) is 4.04. The highest BCUT2D eigenvalue weighted by molar-refractivity contribution is 6.11. The third-order valence-corrected chi connectivity index (χ3v) is 4.94. The molecule has 2 aromatic heterocycles. The minimum absolute atomic E-state index is 0.107. The van der Waals surface area contributed by atoms with E-state index in [1.165, 1.54) is 19.1 Å². The van der Waals surface area contributed by atoms with Crippen molar-refractivity contribution in [3.63, 3.8) is 0 Å². The zero-order valence-corrected chi connectivity index (χ0v) is 15.0. The van der Waals surface area contributed by atoms with Gasteiger partial charge in [-0.1, -0.05) is 12.1 Å². The van der Waals surface area contributed by atoms with Gasteiger partial charge in [0.2, 0.25) is 0 Å². The summed E-state index contributed by atoms with van der Waals surface area (Å²) in [4.78, 5) is 29.0. The largest absolute Gasteiger partial charge is 0.341 e. The van der Waals surface area contributed by atoms with Gasteiger partial charge in [-0.15, -0.1) is 0 Å². The number of halogens is 1. The predicted octanol–water partition coefficient (Wildman–Crippen LogP) is 3.12. The van der Waals surface area contributed by atoms with Crippen LogP contribution in [0.2, 0.25) is 0 Å². The highest BCUT2D eigenvalue weighted by Crippen LogP contribution is 2.32. The van der Waals surface area contributed by atoms with Crippen molar-refractivity contribution < 1.29 is 19.2 Å². The van der Waals surface area contributed by atoms with Gasteiger partial charge in [-0.3, -0.25) is 14.8 Å².